The zero-order valence-electron chi connectivity index (χ0n) is 12.3. The highest BCUT2D eigenvalue weighted by molar-refractivity contribution is 5.40. The summed E-state index contributed by atoms with van der Waals surface area (Å²) in [5.41, 5.74) is 0. The van der Waals surface area contributed by atoms with E-state index in [2.05, 4.69) is 25.2 Å². The van der Waals surface area contributed by atoms with Gasteiger partial charge in [-0.25, -0.2) is 0 Å². The fraction of sp³-hybridized carbons (Fsp3) is 0.786. The predicted octanol–water partition coefficient (Wildman–Crippen LogP) is 2.08. The topological polar surface area (TPSA) is 63.2 Å². The lowest BCUT2D eigenvalue weighted by Crippen LogP contribution is -2.47. The number of fused-ring (bicyclic) bond motifs is 1. The summed E-state index contributed by atoms with van der Waals surface area (Å²) in [6, 6.07) is 0.978. The molecule has 1 aliphatic carbocycles. The van der Waals surface area contributed by atoms with E-state index >= 15 is 0 Å². The number of methoxy groups -OCH3 is 1. The average Bonchev–Trinajstić information content (AvgIpc) is 2.53. The fourth-order valence-electron chi connectivity index (χ4n) is 3.55. The van der Waals surface area contributed by atoms with E-state index in [1.165, 1.54) is 38.5 Å². The second kappa shape index (κ2) is 5.81. The molecule has 0 bridgehead atoms. The molecular weight excluding hydrogens is 254 g/mol. The monoisotopic (exact) mass is 277 g/mol. The Morgan fingerprint density at radius 3 is 2.70 bits per heavy atom. The minimum atomic E-state index is 0.386. The maximum atomic E-state index is 5.20. The Hall–Kier alpha value is -1.59. The van der Waals surface area contributed by atoms with Crippen LogP contribution >= 0.6 is 0 Å². The summed E-state index contributed by atoms with van der Waals surface area (Å²) in [4.78, 5) is 15.5. The summed E-state index contributed by atoms with van der Waals surface area (Å²) in [7, 11) is 3.41. The second-order valence-corrected chi connectivity index (χ2v) is 5.64. The van der Waals surface area contributed by atoms with Gasteiger partial charge in [-0.05, 0) is 31.6 Å². The van der Waals surface area contributed by atoms with E-state index in [0.29, 0.717) is 18.0 Å². The van der Waals surface area contributed by atoms with Gasteiger partial charge < -0.3 is 15.0 Å². The van der Waals surface area contributed by atoms with Crippen LogP contribution in [0.25, 0.3) is 0 Å². The number of anilines is 2. The normalized spacial score (nSPS) is 26.0. The van der Waals surface area contributed by atoms with Gasteiger partial charge in [0.2, 0.25) is 11.9 Å². The Morgan fingerprint density at radius 1 is 1.10 bits per heavy atom. The lowest BCUT2D eigenvalue weighted by molar-refractivity contribution is 0.241. The zero-order valence-corrected chi connectivity index (χ0v) is 12.3. The second-order valence-electron chi connectivity index (χ2n) is 5.64. The first-order valence-corrected chi connectivity index (χ1v) is 7.56. The third kappa shape index (κ3) is 2.51. The number of nitrogens with one attached hydrogen (secondary N) is 1. The van der Waals surface area contributed by atoms with E-state index in [1.54, 1.807) is 7.11 Å². The molecule has 0 amide bonds. The molecule has 20 heavy (non-hydrogen) atoms. The lowest BCUT2D eigenvalue weighted by atomic mass is 9.78. The first-order valence-electron chi connectivity index (χ1n) is 7.56. The number of aromatic nitrogens is 3. The molecule has 2 atom stereocenters. The molecule has 2 heterocycles. The molecule has 0 radical (unpaired) electrons. The first kappa shape index (κ1) is 13.4. The predicted molar refractivity (Wildman–Crippen MR) is 78.3 cm³/mol. The summed E-state index contributed by atoms with van der Waals surface area (Å²) >= 11 is 0. The van der Waals surface area contributed by atoms with Crippen LogP contribution in [0.5, 0.6) is 6.01 Å². The van der Waals surface area contributed by atoms with Gasteiger partial charge in [-0.15, -0.1) is 0 Å². The third-order valence-corrected chi connectivity index (χ3v) is 4.51. The van der Waals surface area contributed by atoms with Crippen LogP contribution in [-0.4, -0.2) is 41.7 Å². The van der Waals surface area contributed by atoms with Crippen LogP contribution in [0.3, 0.4) is 0 Å². The van der Waals surface area contributed by atoms with Gasteiger partial charge in [0.25, 0.3) is 0 Å². The van der Waals surface area contributed by atoms with Crippen molar-refractivity contribution in [3.05, 3.63) is 0 Å². The largest absolute Gasteiger partial charge is 0.467 e. The van der Waals surface area contributed by atoms with Crippen molar-refractivity contribution in [2.75, 3.05) is 30.9 Å². The van der Waals surface area contributed by atoms with Crippen LogP contribution in [0, 0.1) is 5.92 Å². The van der Waals surface area contributed by atoms with Gasteiger partial charge in [0.1, 0.15) is 0 Å². The van der Waals surface area contributed by atoms with Gasteiger partial charge in [-0.2, -0.15) is 15.0 Å². The van der Waals surface area contributed by atoms with E-state index in [-0.39, 0.29) is 0 Å². The van der Waals surface area contributed by atoms with Gasteiger partial charge in [0.15, 0.2) is 0 Å². The molecule has 3 rings (SSSR count). The van der Waals surface area contributed by atoms with Crippen molar-refractivity contribution in [2.45, 2.75) is 44.6 Å². The highest BCUT2D eigenvalue weighted by Gasteiger charge is 2.34. The molecule has 0 spiro atoms. The Morgan fingerprint density at radius 2 is 1.90 bits per heavy atom. The van der Waals surface area contributed by atoms with Gasteiger partial charge in [0.05, 0.1) is 7.11 Å². The van der Waals surface area contributed by atoms with Crippen LogP contribution in [0.15, 0.2) is 0 Å². The number of hydrogen-bond donors (Lipinski definition) is 1. The average molecular weight is 277 g/mol. The molecule has 6 nitrogen and oxygen atoms in total. The molecule has 0 aromatic carbocycles. The van der Waals surface area contributed by atoms with Crippen molar-refractivity contribution in [1.29, 1.82) is 0 Å². The molecular formula is C14H23N5O. The molecule has 1 aliphatic heterocycles. The van der Waals surface area contributed by atoms with Crippen molar-refractivity contribution >= 4 is 11.9 Å². The molecule has 0 unspecified atom stereocenters. The third-order valence-electron chi connectivity index (χ3n) is 4.51. The van der Waals surface area contributed by atoms with Crippen molar-refractivity contribution < 1.29 is 4.74 Å². The molecule has 1 N–H and O–H groups in total. The fourth-order valence-corrected chi connectivity index (χ4v) is 3.55. The smallest absolute Gasteiger partial charge is 0.322 e. The van der Waals surface area contributed by atoms with Gasteiger partial charge in [0, 0.05) is 19.6 Å². The molecule has 1 aromatic heterocycles. The van der Waals surface area contributed by atoms with Crippen molar-refractivity contribution in [3.63, 3.8) is 0 Å². The standard InChI is InChI=1S/C14H23N5O/c1-15-12-16-13(18-14(17-12)20-2)19-9-5-7-10-6-3-4-8-11(10)19/h10-11H,3-9H2,1-2H3,(H,15,16,17,18)/t10-,11-/m1/s1. The van der Waals surface area contributed by atoms with E-state index in [0.717, 1.165) is 18.4 Å². The molecule has 110 valence electrons. The highest BCUT2D eigenvalue weighted by atomic mass is 16.5. The Labute approximate surface area is 120 Å². The van der Waals surface area contributed by atoms with E-state index in [9.17, 15) is 0 Å². The first-order chi connectivity index (χ1) is 9.81. The Kier molecular flexibility index (Phi) is 3.89. The van der Waals surface area contributed by atoms with Gasteiger partial charge in [-0.1, -0.05) is 12.8 Å². The van der Waals surface area contributed by atoms with Crippen LogP contribution in [0.1, 0.15) is 38.5 Å². The molecule has 2 aliphatic rings. The number of ether oxygens (including phenoxy) is 1. The summed E-state index contributed by atoms with van der Waals surface area (Å²) in [6.45, 7) is 1.04. The summed E-state index contributed by atoms with van der Waals surface area (Å²) in [6.07, 6.45) is 7.87. The Balaban J connectivity index is 1.90. The van der Waals surface area contributed by atoms with Crippen molar-refractivity contribution in [2.24, 2.45) is 5.92 Å². The number of hydrogen-bond acceptors (Lipinski definition) is 6. The number of nitrogens with zero attached hydrogens (tertiary/aromatic N) is 4. The molecule has 6 heteroatoms. The van der Waals surface area contributed by atoms with Crippen LogP contribution in [-0.2, 0) is 0 Å². The molecule has 1 saturated carbocycles. The van der Waals surface area contributed by atoms with Crippen molar-refractivity contribution in [3.8, 4) is 6.01 Å². The Bertz CT molecular complexity index is 443. The van der Waals surface area contributed by atoms with E-state index < -0.39 is 0 Å². The van der Waals surface area contributed by atoms with Gasteiger partial charge >= 0.3 is 6.01 Å². The quantitative estimate of drug-likeness (QED) is 0.912. The molecule has 1 aromatic rings. The zero-order chi connectivity index (χ0) is 13.9. The highest BCUT2D eigenvalue weighted by Crippen LogP contribution is 2.37. The van der Waals surface area contributed by atoms with Crippen LogP contribution < -0.4 is 15.0 Å². The number of piperidine rings is 1. The van der Waals surface area contributed by atoms with E-state index in [1.807, 2.05) is 7.05 Å². The molecule has 1 saturated heterocycles. The number of rotatable bonds is 3. The van der Waals surface area contributed by atoms with Gasteiger partial charge in [-0.3, -0.25) is 0 Å². The SMILES string of the molecule is CNc1nc(OC)nc(N2CCC[C@H]3CCCC[C@H]32)n1. The minimum Gasteiger partial charge on any atom is -0.467 e. The minimum absolute atomic E-state index is 0.386. The van der Waals surface area contributed by atoms with Crippen molar-refractivity contribution in [1.82, 2.24) is 15.0 Å². The summed E-state index contributed by atoms with van der Waals surface area (Å²) in [5.74, 6) is 2.14. The van der Waals surface area contributed by atoms with Crippen LogP contribution in [0.4, 0.5) is 11.9 Å². The van der Waals surface area contributed by atoms with E-state index in [4.69, 9.17) is 4.74 Å². The maximum absolute atomic E-state index is 5.20. The summed E-state index contributed by atoms with van der Waals surface area (Å²) < 4.78 is 5.20. The molecule has 2 fully saturated rings. The lowest BCUT2D eigenvalue weighted by Gasteiger charge is -2.44. The maximum Gasteiger partial charge on any atom is 0.322 e. The van der Waals surface area contributed by atoms with Crippen LogP contribution in [0.2, 0.25) is 0 Å². The summed E-state index contributed by atoms with van der Waals surface area (Å²) in [5, 5.41) is 2.98.